The number of para-hydroxylation sites is 1. The van der Waals surface area contributed by atoms with Crippen molar-refractivity contribution in [3.8, 4) is 0 Å². The summed E-state index contributed by atoms with van der Waals surface area (Å²) in [6, 6.07) is 11.7. The molecule has 2 fully saturated rings. The van der Waals surface area contributed by atoms with E-state index in [1.807, 2.05) is 36.5 Å². The normalized spacial score (nSPS) is 22.4. The molecule has 3 atom stereocenters. The molecule has 2 aliphatic rings. The van der Waals surface area contributed by atoms with Gasteiger partial charge in [-0.2, -0.15) is 0 Å². The highest BCUT2D eigenvalue weighted by Gasteiger charge is 2.55. The van der Waals surface area contributed by atoms with Crippen molar-refractivity contribution >= 4 is 33.7 Å². The smallest absolute Gasteiger partial charge is 0.287 e. The fourth-order valence-electron chi connectivity index (χ4n) is 4.79. The molecule has 7 nitrogen and oxygen atoms in total. The van der Waals surface area contributed by atoms with Crippen LogP contribution in [-0.4, -0.2) is 40.5 Å². The number of carbonyl (C=O) groups excluding carboxylic acids is 1. The number of nitrogens with zero attached hydrogens (tertiary/aromatic N) is 4. The minimum atomic E-state index is -0.164. The minimum absolute atomic E-state index is 0.164. The Morgan fingerprint density at radius 3 is 2.87 bits per heavy atom. The minimum Gasteiger partial charge on any atom is -0.449 e. The third kappa shape index (κ3) is 2.98. The molecule has 1 aromatic carbocycles. The molecular formula is C23H21N5O2. The lowest BCUT2D eigenvalue weighted by molar-refractivity contribution is 0.0926. The maximum absolute atomic E-state index is 12.4. The molecule has 1 aliphatic carbocycles. The lowest BCUT2D eigenvalue weighted by atomic mass is 10.2. The molecule has 30 heavy (non-hydrogen) atoms. The fourth-order valence-corrected chi connectivity index (χ4v) is 4.79. The summed E-state index contributed by atoms with van der Waals surface area (Å²) in [5, 5.41) is 4.95. The molecule has 1 aliphatic heterocycles. The summed E-state index contributed by atoms with van der Waals surface area (Å²) < 4.78 is 5.58. The van der Waals surface area contributed by atoms with Crippen LogP contribution < -0.4 is 10.2 Å². The highest BCUT2D eigenvalue weighted by atomic mass is 16.3. The van der Waals surface area contributed by atoms with Crippen molar-refractivity contribution in [3.05, 3.63) is 60.7 Å². The molecule has 1 unspecified atom stereocenters. The second kappa shape index (κ2) is 6.79. The fraction of sp³-hybridized carbons (Fsp3) is 0.304. The van der Waals surface area contributed by atoms with Gasteiger partial charge in [-0.15, -0.1) is 0 Å². The van der Waals surface area contributed by atoms with E-state index in [9.17, 15) is 4.79 Å². The Hall–Kier alpha value is -3.48. The van der Waals surface area contributed by atoms with Crippen LogP contribution in [0.4, 0.5) is 5.95 Å². The number of aromatic nitrogens is 3. The summed E-state index contributed by atoms with van der Waals surface area (Å²) >= 11 is 0. The highest BCUT2D eigenvalue weighted by Crippen LogP contribution is 2.53. The summed E-state index contributed by atoms with van der Waals surface area (Å²) in [4.78, 5) is 27.9. The molecule has 0 bridgehead atoms. The Morgan fingerprint density at radius 2 is 2.00 bits per heavy atom. The average Bonchev–Trinajstić information content (AvgIpc) is 3.14. The largest absolute Gasteiger partial charge is 0.449 e. The van der Waals surface area contributed by atoms with Gasteiger partial charge in [-0.05, 0) is 42.4 Å². The second-order valence-electron chi connectivity index (χ2n) is 8.19. The number of hydrogen-bond acceptors (Lipinski definition) is 6. The lowest BCUT2D eigenvalue weighted by Gasteiger charge is -2.20. The van der Waals surface area contributed by atoms with E-state index in [0.29, 0.717) is 35.6 Å². The van der Waals surface area contributed by atoms with Crippen LogP contribution >= 0.6 is 0 Å². The predicted octanol–water partition coefficient (Wildman–Crippen LogP) is 3.27. The lowest BCUT2D eigenvalue weighted by Crippen LogP contribution is -2.28. The van der Waals surface area contributed by atoms with Crippen LogP contribution in [0.3, 0.4) is 0 Å². The zero-order valence-electron chi connectivity index (χ0n) is 16.4. The van der Waals surface area contributed by atoms with Gasteiger partial charge in [-0.3, -0.25) is 9.78 Å². The van der Waals surface area contributed by atoms with Gasteiger partial charge < -0.3 is 14.6 Å². The highest BCUT2D eigenvalue weighted by molar-refractivity contribution is 5.95. The molecule has 6 rings (SSSR count). The summed E-state index contributed by atoms with van der Waals surface area (Å²) in [7, 11) is 0. The van der Waals surface area contributed by atoms with Gasteiger partial charge in [0.25, 0.3) is 5.91 Å². The van der Waals surface area contributed by atoms with Crippen molar-refractivity contribution in [2.24, 2.45) is 17.8 Å². The summed E-state index contributed by atoms with van der Waals surface area (Å²) in [5.74, 6) is 3.02. The molecule has 3 aromatic heterocycles. The Labute approximate surface area is 173 Å². The predicted molar refractivity (Wildman–Crippen MR) is 113 cm³/mol. The number of piperidine rings is 1. The van der Waals surface area contributed by atoms with Crippen molar-refractivity contribution in [1.29, 1.82) is 0 Å². The van der Waals surface area contributed by atoms with E-state index in [-0.39, 0.29) is 5.91 Å². The molecule has 1 amide bonds. The van der Waals surface area contributed by atoms with Crippen LogP contribution in [0.15, 0.2) is 59.4 Å². The number of rotatable bonds is 5. The summed E-state index contributed by atoms with van der Waals surface area (Å²) in [6.07, 6.45) is 6.22. The number of nitrogens with one attached hydrogen (secondary N) is 1. The van der Waals surface area contributed by atoms with Gasteiger partial charge in [0.2, 0.25) is 5.95 Å². The van der Waals surface area contributed by atoms with Gasteiger partial charge in [0.05, 0.1) is 11.7 Å². The molecule has 4 heterocycles. The monoisotopic (exact) mass is 399 g/mol. The first-order valence-electron chi connectivity index (χ1n) is 10.3. The number of amides is 1. The van der Waals surface area contributed by atoms with E-state index >= 15 is 0 Å². The number of anilines is 1. The van der Waals surface area contributed by atoms with Gasteiger partial charge in [-0.1, -0.05) is 18.2 Å². The quantitative estimate of drug-likeness (QED) is 0.554. The summed E-state index contributed by atoms with van der Waals surface area (Å²) in [5.41, 5.74) is 1.62. The number of benzene rings is 1. The van der Waals surface area contributed by atoms with Crippen molar-refractivity contribution in [2.45, 2.75) is 6.42 Å². The molecule has 4 aromatic rings. The second-order valence-corrected chi connectivity index (χ2v) is 8.19. The van der Waals surface area contributed by atoms with E-state index < -0.39 is 0 Å². The van der Waals surface area contributed by atoms with Crippen molar-refractivity contribution in [2.75, 3.05) is 24.5 Å². The zero-order valence-corrected chi connectivity index (χ0v) is 16.4. The van der Waals surface area contributed by atoms with Gasteiger partial charge in [0.1, 0.15) is 0 Å². The van der Waals surface area contributed by atoms with E-state index in [1.165, 1.54) is 0 Å². The van der Waals surface area contributed by atoms with Crippen LogP contribution in [0.2, 0.25) is 0 Å². The van der Waals surface area contributed by atoms with Crippen molar-refractivity contribution in [1.82, 2.24) is 20.3 Å². The van der Waals surface area contributed by atoms with E-state index in [4.69, 9.17) is 9.40 Å². The van der Waals surface area contributed by atoms with Crippen LogP contribution in [0, 0.1) is 17.8 Å². The molecule has 1 N–H and O–H groups in total. The summed E-state index contributed by atoms with van der Waals surface area (Å²) in [6.45, 7) is 2.66. The molecule has 0 spiro atoms. The maximum atomic E-state index is 12.4. The number of hydrogen-bond donors (Lipinski definition) is 1. The molecule has 1 saturated carbocycles. The number of furan rings is 1. The average molecular weight is 399 g/mol. The van der Waals surface area contributed by atoms with Gasteiger partial charge in [0, 0.05) is 42.8 Å². The third-order valence-corrected chi connectivity index (χ3v) is 6.44. The first kappa shape index (κ1) is 17.4. The standard InChI is InChI=1S/C23H21N5O2/c29-22(20-9-14-5-7-24-11-21(14)30-20)25-8-6-16-17-12-28(13-18(16)17)23-26-10-15-3-1-2-4-19(15)27-23/h1-5,7,9-11,16-18H,6,8,12-13H2,(H,25,29)/t16?,17-,18+. The van der Waals surface area contributed by atoms with Gasteiger partial charge in [-0.25, -0.2) is 9.97 Å². The Bertz CT molecular complexity index is 1210. The van der Waals surface area contributed by atoms with Crippen molar-refractivity contribution in [3.63, 3.8) is 0 Å². The van der Waals surface area contributed by atoms with Crippen LogP contribution in [0.25, 0.3) is 21.9 Å². The van der Waals surface area contributed by atoms with Crippen LogP contribution in [-0.2, 0) is 0 Å². The third-order valence-electron chi connectivity index (χ3n) is 6.44. The van der Waals surface area contributed by atoms with Crippen LogP contribution in [0.5, 0.6) is 0 Å². The van der Waals surface area contributed by atoms with Gasteiger partial charge >= 0.3 is 0 Å². The topological polar surface area (TPSA) is 84.2 Å². The SMILES string of the molecule is O=C(NCCC1[C@H]2CN(c3ncc4ccccc4n3)C[C@@H]12)c1cc2ccncc2o1. The molecule has 7 heteroatoms. The number of pyridine rings is 1. The van der Waals surface area contributed by atoms with Gasteiger partial charge in [0.15, 0.2) is 11.3 Å². The number of fused-ring (bicyclic) bond motifs is 3. The first-order chi connectivity index (χ1) is 14.8. The molecular weight excluding hydrogens is 378 g/mol. The molecule has 1 saturated heterocycles. The Morgan fingerprint density at radius 1 is 1.13 bits per heavy atom. The van der Waals surface area contributed by atoms with E-state index in [1.54, 1.807) is 18.5 Å². The Kier molecular flexibility index (Phi) is 3.94. The van der Waals surface area contributed by atoms with Crippen LogP contribution in [0.1, 0.15) is 17.0 Å². The Balaban J connectivity index is 1.02. The molecule has 0 radical (unpaired) electrons. The number of carbonyl (C=O) groups is 1. The zero-order chi connectivity index (χ0) is 20.1. The molecule has 150 valence electrons. The maximum Gasteiger partial charge on any atom is 0.287 e. The van der Waals surface area contributed by atoms with Crippen molar-refractivity contribution < 1.29 is 9.21 Å². The van der Waals surface area contributed by atoms with E-state index in [0.717, 1.165) is 41.7 Å². The first-order valence-corrected chi connectivity index (χ1v) is 10.3. The van der Waals surface area contributed by atoms with E-state index in [2.05, 4.69) is 20.2 Å².